The number of fused-ring (bicyclic) bond motifs is 1. The number of para-hydroxylation sites is 1. The second-order valence-corrected chi connectivity index (χ2v) is 9.87. The molecule has 1 aliphatic heterocycles. The quantitative estimate of drug-likeness (QED) is 0.199. The van der Waals surface area contributed by atoms with Crippen LogP contribution in [0.25, 0.3) is 22.3 Å². The van der Waals surface area contributed by atoms with Crippen LogP contribution in [0, 0.1) is 17.0 Å². The molecule has 0 spiro atoms. The number of nitrogens with zero attached hydrogens (tertiary/aromatic N) is 3. The van der Waals surface area contributed by atoms with Crippen molar-refractivity contribution >= 4 is 39.8 Å². The van der Waals surface area contributed by atoms with E-state index in [-0.39, 0.29) is 23.1 Å². The van der Waals surface area contributed by atoms with Gasteiger partial charge in [0, 0.05) is 49.0 Å². The van der Waals surface area contributed by atoms with E-state index in [0.717, 1.165) is 16.6 Å². The van der Waals surface area contributed by atoms with Crippen LogP contribution in [0.3, 0.4) is 0 Å². The molecule has 0 atom stereocenters. The molecule has 5 aromatic rings. The molecule has 0 unspecified atom stereocenters. The average Bonchev–Trinajstić information content (AvgIpc) is 3.65. The Morgan fingerprint density at radius 2 is 1.61 bits per heavy atom. The van der Waals surface area contributed by atoms with Gasteiger partial charge in [-0.2, -0.15) is 0 Å². The van der Waals surface area contributed by atoms with Gasteiger partial charge in [-0.15, -0.1) is 0 Å². The number of aryl methyl sites for hydroxylation is 1. The van der Waals surface area contributed by atoms with E-state index >= 15 is 0 Å². The zero-order valence-corrected chi connectivity index (χ0v) is 22.2. The van der Waals surface area contributed by atoms with Crippen LogP contribution in [0.1, 0.15) is 26.7 Å². The summed E-state index contributed by atoms with van der Waals surface area (Å²) in [7, 11) is 0. The first-order valence-corrected chi connectivity index (χ1v) is 13.2. The number of rotatable bonds is 6. The van der Waals surface area contributed by atoms with Gasteiger partial charge in [-0.3, -0.25) is 19.7 Å². The fourth-order valence-electron chi connectivity index (χ4n) is 4.96. The average molecular weight is 551 g/mol. The molecule has 10 nitrogen and oxygen atoms in total. The van der Waals surface area contributed by atoms with Crippen molar-refractivity contribution < 1.29 is 23.3 Å². The van der Waals surface area contributed by atoms with Crippen molar-refractivity contribution in [1.82, 2.24) is 4.90 Å². The van der Waals surface area contributed by atoms with Gasteiger partial charge in [-0.25, -0.2) is 0 Å². The van der Waals surface area contributed by atoms with Crippen LogP contribution in [0.2, 0.25) is 0 Å². The summed E-state index contributed by atoms with van der Waals surface area (Å²) < 4.78 is 11.4. The van der Waals surface area contributed by atoms with Gasteiger partial charge in [0.2, 0.25) is 0 Å². The van der Waals surface area contributed by atoms with Gasteiger partial charge in [0.15, 0.2) is 11.5 Å². The topological polar surface area (TPSA) is 122 Å². The molecule has 6 rings (SSSR count). The zero-order chi connectivity index (χ0) is 28.5. The van der Waals surface area contributed by atoms with E-state index in [4.69, 9.17) is 8.83 Å². The third-order valence-electron chi connectivity index (χ3n) is 7.14. The number of anilines is 2. The van der Waals surface area contributed by atoms with Crippen LogP contribution in [0.5, 0.6) is 0 Å². The second kappa shape index (κ2) is 10.6. The van der Waals surface area contributed by atoms with Gasteiger partial charge >= 0.3 is 0 Å². The minimum atomic E-state index is -0.468. The van der Waals surface area contributed by atoms with Gasteiger partial charge in [0.1, 0.15) is 11.3 Å². The normalized spacial score (nSPS) is 13.4. The lowest BCUT2D eigenvalue weighted by Gasteiger charge is -2.35. The fourth-order valence-corrected chi connectivity index (χ4v) is 4.96. The number of piperazine rings is 1. The van der Waals surface area contributed by atoms with E-state index in [2.05, 4.69) is 10.2 Å². The minimum Gasteiger partial charge on any atom is -0.451 e. The largest absolute Gasteiger partial charge is 0.451 e. The third-order valence-corrected chi connectivity index (χ3v) is 7.14. The molecule has 1 fully saturated rings. The van der Waals surface area contributed by atoms with Gasteiger partial charge < -0.3 is 24.0 Å². The molecule has 0 radical (unpaired) electrons. The molecule has 3 heterocycles. The maximum absolute atomic E-state index is 13.0. The fraction of sp³-hybridized carbons (Fsp3) is 0.161. The number of nitro benzene ring substituents is 1. The first-order chi connectivity index (χ1) is 19.9. The summed E-state index contributed by atoms with van der Waals surface area (Å²) in [5.41, 5.74) is 3.24. The van der Waals surface area contributed by atoms with Crippen molar-refractivity contribution in [2.45, 2.75) is 6.92 Å². The lowest BCUT2D eigenvalue weighted by Crippen LogP contribution is -2.48. The monoisotopic (exact) mass is 550 g/mol. The lowest BCUT2D eigenvalue weighted by atomic mass is 10.1. The maximum atomic E-state index is 13.0. The summed E-state index contributed by atoms with van der Waals surface area (Å²) in [6.07, 6.45) is 0. The smallest absolute Gasteiger partial charge is 0.291 e. The number of nitro groups is 1. The SMILES string of the molecule is Cc1ccc(-c2ccc(C(=O)Nc3ccc(N4CCN(C(=O)c5cc6ccccc6o5)CC4)cc3)o2)c([N+](=O)[O-])c1. The van der Waals surface area contributed by atoms with Crippen molar-refractivity contribution in [3.63, 3.8) is 0 Å². The van der Waals surface area contributed by atoms with Gasteiger partial charge in [-0.05, 0) is 67.1 Å². The molecule has 206 valence electrons. The van der Waals surface area contributed by atoms with Crippen molar-refractivity contribution in [2.24, 2.45) is 0 Å². The Morgan fingerprint density at radius 1 is 0.854 bits per heavy atom. The highest BCUT2D eigenvalue weighted by atomic mass is 16.6. The van der Waals surface area contributed by atoms with E-state index in [1.54, 1.807) is 48.2 Å². The van der Waals surface area contributed by atoms with E-state index < -0.39 is 10.8 Å². The molecule has 1 saturated heterocycles. The first-order valence-electron chi connectivity index (χ1n) is 13.2. The number of nitrogens with one attached hydrogen (secondary N) is 1. The molecule has 0 aliphatic carbocycles. The number of hydrogen-bond donors (Lipinski definition) is 1. The summed E-state index contributed by atoms with van der Waals surface area (Å²) in [6, 6.07) is 24.7. The molecule has 0 bridgehead atoms. The summed E-state index contributed by atoms with van der Waals surface area (Å²) >= 11 is 0. The van der Waals surface area contributed by atoms with Gasteiger partial charge in [0.25, 0.3) is 17.5 Å². The number of amides is 2. The Hall–Kier alpha value is -5.38. The molecule has 2 amide bonds. The predicted octanol–water partition coefficient (Wildman–Crippen LogP) is 6.12. The molecule has 10 heteroatoms. The summed E-state index contributed by atoms with van der Waals surface area (Å²) in [6.45, 7) is 4.23. The maximum Gasteiger partial charge on any atom is 0.291 e. The van der Waals surface area contributed by atoms with Crippen LogP contribution < -0.4 is 10.2 Å². The molecule has 1 N–H and O–H groups in total. The zero-order valence-electron chi connectivity index (χ0n) is 22.2. The second-order valence-electron chi connectivity index (χ2n) is 9.87. The standard InChI is InChI=1S/C31H26N4O6/c1-20-6-11-24(25(18-20)35(38)39)27-12-13-28(41-27)30(36)32-22-7-9-23(10-8-22)33-14-16-34(17-15-33)31(37)29-19-21-4-2-3-5-26(21)40-29/h2-13,18-19H,14-17H2,1H3,(H,32,36). The molecule has 41 heavy (non-hydrogen) atoms. The van der Waals surface area contributed by atoms with Crippen LogP contribution in [0.4, 0.5) is 17.1 Å². The highest BCUT2D eigenvalue weighted by Gasteiger charge is 2.25. The molecule has 3 aromatic carbocycles. The van der Waals surface area contributed by atoms with Crippen molar-refractivity contribution in [1.29, 1.82) is 0 Å². The number of furan rings is 2. The highest BCUT2D eigenvalue weighted by Crippen LogP contribution is 2.32. The summed E-state index contributed by atoms with van der Waals surface area (Å²) in [5.74, 6) is 0.0632. The summed E-state index contributed by atoms with van der Waals surface area (Å²) in [4.78, 5) is 40.7. The van der Waals surface area contributed by atoms with Gasteiger partial charge in [-0.1, -0.05) is 24.3 Å². The number of carbonyl (C=O) groups excluding carboxylic acids is 2. The third kappa shape index (κ3) is 5.27. The van der Waals surface area contributed by atoms with Crippen LogP contribution in [0.15, 0.2) is 93.8 Å². The minimum absolute atomic E-state index is 0.0455. The van der Waals surface area contributed by atoms with Crippen molar-refractivity contribution in [3.05, 3.63) is 112 Å². The molecular formula is C31H26N4O6. The van der Waals surface area contributed by atoms with E-state index in [0.29, 0.717) is 48.8 Å². The summed E-state index contributed by atoms with van der Waals surface area (Å²) in [5, 5.41) is 15.2. The Balaban J connectivity index is 1.06. The Kier molecular flexibility index (Phi) is 6.72. The van der Waals surface area contributed by atoms with Crippen LogP contribution in [-0.4, -0.2) is 47.8 Å². The molecule has 1 aliphatic rings. The molecule has 2 aromatic heterocycles. The van der Waals surface area contributed by atoms with Crippen molar-refractivity contribution in [3.8, 4) is 11.3 Å². The van der Waals surface area contributed by atoms with E-state index in [1.165, 1.54) is 12.1 Å². The van der Waals surface area contributed by atoms with Crippen LogP contribution in [-0.2, 0) is 0 Å². The lowest BCUT2D eigenvalue weighted by molar-refractivity contribution is -0.384. The van der Waals surface area contributed by atoms with E-state index in [1.807, 2.05) is 36.4 Å². The van der Waals surface area contributed by atoms with E-state index in [9.17, 15) is 19.7 Å². The molecular weight excluding hydrogens is 524 g/mol. The highest BCUT2D eigenvalue weighted by molar-refractivity contribution is 6.02. The number of carbonyl (C=O) groups is 2. The first kappa shape index (κ1) is 25.9. The van der Waals surface area contributed by atoms with Crippen molar-refractivity contribution in [2.75, 3.05) is 36.4 Å². The van der Waals surface area contributed by atoms with Gasteiger partial charge in [0.05, 0.1) is 10.5 Å². The Bertz CT molecular complexity index is 1730. The molecule has 0 saturated carbocycles. The predicted molar refractivity (Wildman–Crippen MR) is 154 cm³/mol. The van der Waals surface area contributed by atoms with Crippen LogP contribution >= 0.6 is 0 Å². The number of hydrogen-bond acceptors (Lipinski definition) is 7. The Morgan fingerprint density at radius 3 is 2.34 bits per heavy atom. The Labute approximate surface area is 234 Å². The number of benzene rings is 3.